The van der Waals surface area contributed by atoms with Gasteiger partial charge in [0.05, 0.1) is 43.4 Å². The fourth-order valence-corrected chi connectivity index (χ4v) is 2.97. The van der Waals surface area contributed by atoms with Crippen LogP contribution in [0.15, 0.2) is 34.9 Å². The van der Waals surface area contributed by atoms with E-state index in [9.17, 15) is 14.9 Å². The van der Waals surface area contributed by atoms with Gasteiger partial charge in [-0.2, -0.15) is 0 Å². The van der Waals surface area contributed by atoms with E-state index in [2.05, 4.69) is 15.9 Å². The Labute approximate surface area is 175 Å². The first kappa shape index (κ1) is 22.0. The summed E-state index contributed by atoms with van der Waals surface area (Å²) >= 11 is 3.30. The Morgan fingerprint density at radius 3 is 1.97 bits per heavy atom. The van der Waals surface area contributed by atoms with Crippen LogP contribution < -0.4 is 23.7 Å². The molecule has 0 heterocycles. The summed E-state index contributed by atoms with van der Waals surface area (Å²) in [4.78, 5) is 22.6. The van der Waals surface area contributed by atoms with E-state index in [-0.39, 0.29) is 17.1 Å². The number of benzene rings is 2. The third-order valence-electron chi connectivity index (χ3n) is 3.74. The first-order valence-electron chi connectivity index (χ1n) is 8.06. The van der Waals surface area contributed by atoms with Crippen molar-refractivity contribution in [1.82, 2.24) is 0 Å². The SMILES string of the molecule is COc1cc(/C=C/[N+](=O)[O-])cc(Br)c1OC(=O)c1cc(OC)c(OC)c(OC)c1. The van der Waals surface area contributed by atoms with E-state index < -0.39 is 10.9 Å². The van der Waals surface area contributed by atoms with Gasteiger partial charge in [0.25, 0.3) is 0 Å². The predicted molar refractivity (Wildman–Crippen MR) is 108 cm³/mol. The van der Waals surface area contributed by atoms with Crippen LogP contribution >= 0.6 is 15.9 Å². The minimum atomic E-state index is -0.697. The fraction of sp³-hybridized carbons (Fsp3) is 0.211. The molecule has 0 bridgehead atoms. The monoisotopic (exact) mass is 467 g/mol. The molecule has 0 aliphatic heterocycles. The summed E-state index contributed by atoms with van der Waals surface area (Å²) in [6, 6.07) is 5.97. The molecule has 0 amide bonds. The fourth-order valence-electron chi connectivity index (χ4n) is 2.43. The summed E-state index contributed by atoms with van der Waals surface area (Å²) in [6.45, 7) is 0. The minimum Gasteiger partial charge on any atom is -0.493 e. The van der Waals surface area contributed by atoms with Gasteiger partial charge in [0.15, 0.2) is 23.0 Å². The second kappa shape index (κ2) is 9.78. The maximum atomic E-state index is 12.7. The summed E-state index contributed by atoms with van der Waals surface area (Å²) in [5.74, 6) is 0.562. The molecule has 154 valence electrons. The van der Waals surface area contributed by atoms with Crippen molar-refractivity contribution in [3.63, 3.8) is 0 Å². The Morgan fingerprint density at radius 1 is 0.931 bits per heavy atom. The van der Waals surface area contributed by atoms with E-state index in [0.717, 1.165) is 6.20 Å². The smallest absolute Gasteiger partial charge is 0.343 e. The Hall–Kier alpha value is -3.27. The molecular formula is C19H18BrNO8. The number of carbonyl (C=O) groups is 1. The minimum absolute atomic E-state index is 0.115. The van der Waals surface area contributed by atoms with Crippen molar-refractivity contribution in [2.24, 2.45) is 0 Å². The van der Waals surface area contributed by atoms with Gasteiger partial charge in [-0.15, -0.1) is 0 Å². The number of halogens is 1. The highest BCUT2D eigenvalue weighted by molar-refractivity contribution is 9.10. The van der Waals surface area contributed by atoms with E-state index in [0.29, 0.717) is 27.3 Å². The molecule has 9 nitrogen and oxygen atoms in total. The van der Waals surface area contributed by atoms with E-state index in [1.807, 2.05) is 0 Å². The number of hydrogen-bond acceptors (Lipinski definition) is 8. The van der Waals surface area contributed by atoms with E-state index in [1.54, 1.807) is 6.07 Å². The van der Waals surface area contributed by atoms with Crippen LogP contribution in [0.25, 0.3) is 6.08 Å². The van der Waals surface area contributed by atoms with Gasteiger partial charge < -0.3 is 23.7 Å². The molecule has 0 saturated carbocycles. The molecule has 2 aromatic rings. The molecule has 0 aliphatic rings. The van der Waals surface area contributed by atoms with Crippen molar-refractivity contribution in [3.05, 3.63) is 56.2 Å². The summed E-state index contributed by atoms with van der Waals surface area (Å²) in [7, 11) is 5.71. The maximum Gasteiger partial charge on any atom is 0.343 e. The molecule has 2 rings (SSSR count). The summed E-state index contributed by atoms with van der Waals surface area (Å²) in [5.41, 5.74) is 0.642. The Bertz CT molecular complexity index is 932. The molecule has 0 atom stereocenters. The number of nitrogens with zero attached hydrogens (tertiary/aromatic N) is 1. The van der Waals surface area contributed by atoms with Gasteiger partial charge >= 0.3 is 5.97 Å². The quantitative estimate of drug-likeness (QED) is 0.248. The number of rotatable bonds is 8. The normalized spacial score (nSPS) is 10.5. The number of esters is 1. The zero-order valence-corrected chi connectivity index (χ0v) is 17.6. The molecular weight excluding hydrogens is 450 g/mol. The zero-order chi connectivity index (χ0) is 21.6. The van der Waals surface area contributed by atoms with Gasteiger partial charge in [-0.05, 0) is 45.8 Å². The van der Waals surface area contributed by atoms with Crippen molar-refractivity contribution < 1.29 is 33.4 Å². The van der Waals surface area contributed by atoms with Gasteiger partial charge in [0, 0.05) is 6.08 Å². The molecule has 0 saturated heterocycles. The highest BCUT2D eigenvalue weighted by Crippen LogP contribution is 2.40. The van der Waals surface area contributed by atoms with Gasteiger partial charge in [-0.25, -0.2) is 4.79 Å². The lowest BCUT2D eigenvalue weighted by molar-refractivity contribution is -0.400. The molecule has 0 aliphatic carbocycles. The predicted octanol–water partition coefficient (Wildman–Crippen LogP) is 3.95. The van der Waals surface area contributed by atoms with Crippen molar-refractivity contribution in [3.8, 4) is 28.7 Å². The van der Waals surface area contributed by atoms with E-state index in [4.69, 9.17) is 23.7 Å². The Morgan fingerprint density at radius 2 is 1.48 bits per heavy atom. The van der Waals surface area contributed by atoms with Crippen LogP contribution in [-0.2, 0) is 0 Å². The van der Waals surface area contributed by atoms with Crippen molar-refractivity contribution >= 4 is 28.0 Å². The number of methoxy groups -OCH3 is 4. The molecule has 2 aromatic carbocycles. The molecule has 29 heavy (non-hydrogen) atoms. The van der Waals surface area contributed by atoms with Crippen molar-refractivity contribution in [1.29, 1.82) is 0 Å². The van der Waals surface area contributed by atoms with Crippen LogP contribution in [0.4, 0.5) is 0 Å². The summed E-state index contributed by atoms with van der Waals surface area (Å²) < 4.78 is 26.8. The molecule has 0 radical (unpaired) electrons. The molecule has 0 spiro atoms. The number of hydrogen-bond donors (Lipinski definition) is 0. The Kier molecular flexibility index (Phi) is 7.43. The second-order valence-corrected chi connectivity index (χ2v) is 6.29. The number of carbonyl (C=O) groups excluding carboxylic acids is 1. The van der Waals surface area contributed by atoms with Crippen LogP contribution in [0.1, 0.15) is 15.9 Å². The lowest BCUT2D eigenvalue weighted by Gasteiger charge is -2.15. The average Bonchev–Trinajstić information content (AvgIpc) is 2.72. The van der Waals surface area contributed by atoms with Gasteiger partial charge in [-0.3, -0.25) is 10.1 Å². The maximum absolute atomic E-state index is 12.7. The van der Waals surface area contributed by atoms with Crippen LogP contribution in [0.3, 0.4) is 0 Å². The first-order chi connectivity index (χ1) is 13.8. The largest absolute Gasteiger partial charge is 0.493 e. The number of nitro groups is 1. The van der Waals surface area contributed by atoms with E-state index >= 15 is 0 Å². The van der Waals surface area contributed by atoms with Crippen LogP contribution in [0.2, 0.25) is 0 Å². The molecule has 0 aromatic heterocycles. The van der Waals surface area contributed by atoms with Gasteiger partial charge in [0.2, 0.25) is 11.9 Å². The van der Waals surface area contributed by atoms with Gasteiger partial charge in [0.1, 0.15) is 0 Å². The van der Waals surface area contributed by atoms with Crippen LogP contribution in [0, 0.1) is 10.1 Å². The lowest BCUT2D eigenvalue weighted by atomic mass is 10.1. The zero-order valence-electron chi connectivity index (χ0n) is 16.1. The van der Waals surface area contributed by atoms with Crippen LogP contribution in [0.5, 0.6) is 28.7 Å². The second-order valence-electron chi connectivity index (χ2n) is 5.44. The molecule has 0 fully saturated rings. The highest BCUT2D eigenvalue weighted by atomic mass is 79.9. The summed E-state index contributed by atoms with van der Waals surface area (Å²) in [5, 5.41) is 10.5. The molecule has 10 heteroatoms. The lowest BCUT2D eigenvalue weighted by Crippen LogP contribution is -2.11. The third-order valence-corrected chi connectivity index (χ3v) is 4.32. The van der Waals surface area contributed by atoms with E-state index in [1.165, 1.54) is 52.7 Å². The Balaban J connectivity index is 2.41. The first-order valence-corrected chi connectivity index (χ1v) is 8.85. The highest BCUT2D eigenvalue weighted by Gasteiger charge is 2.21. The van der Waals surface area contributed by atoms with Crippen LogP contribution in [-0.4, -0.2) is 39.3 Å². The number of ether oxygens (including phenoxy) is 5. The van der Waals surface area contributed by atoms with Crippen molar-refractivity contribution in [2.75, 3.05) is 28.4 Å². The average molecular weight is 468 g/mol. The molecule has 0 N–H and O–H groups in total. The standard InChI is InChI=1S/C19H18BrNO8/c1-25-14-8-11(5-6-21(23)24)7-13(20)17(14)29-19(22)12-9-15(26-2)18(28-4)16(10-12)27-3/h5-10H,1-4H3/b6-5+. The van der Waals surface area contributed by atoms with Crippen molar-refractivity contribution in [2.45, 2.75) is 0 Å². The summed E-state index contributed by atoms with van der Waals surface area (Å²) in [6.07, 6.45) is 2.08. The van der Waals surface area contributed by atoms with Gasteiger partial charge in [-0.1, -0.05) is 0 Å². The third kappa shape index (κ3) is 5.17. The molecule has 0 unspecified atom stereocenters. The topological polar surface area (TPSA) is 106 Å².